The number of aromatic nitrogens is 4. The molecule has 0 aromatic carbocycles. The lowest BCUT2D eigenvalue weighted by Gasteiger charge is -2.16. The predicted octanol–water partition coefficient (Wildman–Crippen LogP) is 1.96. The molecular formula is C15H22N6O. The van der Waals surface area contributed by atoms with Crippen molar-refractivity contribution in [2.45, 2.75) is 33.4 Å². The van der Waals surface area contributed by atoms with Crippen molar-refractivity contribution >= 4 is 11.9 Å². The van der Waals surface area contributed by atoms with Gasteiger partial charge in [-0.25, -0.2) is 9.97 Å². The molecule has 0 unspecified atom stereocenters. The van der Waals surface area contributed by atoms with E-state index in [-0.39, 0.29) is 5.91 Å². The minimum absolute atomic E-state index is 0.111. The van der Waals surface area contributed by atoms with Gasteiger partial charge >= 0.3 is 0 Å². The van der Waals surface area contributed by atoms with Gasteiger partial charge < -0.3 is 10.2 Å². The van der Waals surface area contributed by atoms with E-state index in [1.54, 1.807) is 30.5 Å². The largest absolute Gasteiger partial charge is 0.355 e. The van der Waals surface area contributed by atoms with Crippen molar-refractivity contribution in [2.24, 2.45) is 0 Å². The molecule has 0 aliphatic carbocycles. The maximum atomic E-state index is 12.4. The molecule has 2 rings (SSSR count). The summed E-state index contributed by atoms with van der Waals surface area (Å²) in [5, 5.41) is 7.28. The maximum absolute atomic E-state index is 12.4. The highest BCUT2D eigenvalue weighted by Crippen LogP contribution is 2.10. The summed E-state index contributed by atoms with van der Waals surface area (Å²) in [5.41, 5.74) is 1.47. The summed E-state index contributed by atoms with van der Waals surface area (Å²) in [6.45, 7) is 7.34. The third-order valence-electron chi connectivity index (χ3n) is 3.18. The van der Waals surface area contributed by atoms with Crippen LogP contribution >= 0.6 is 0 Å². The third kappa shape index (κ3) is 3.81. The average molecular weight is 302 g/mol. The van der Waals surface area contributed by atoms with Crippen LogP contribution in [0.1, 0.15) is 42.7 Å². The Morgan fingerprint density at radius 3 is 2.55 bits per heavy atom. The Bertz CT molecular complexity index is 619. The molecule has 0 saturated carbocycles. The molecule has 22 heavy (non-hydrogen) atoms. The van der Waals surface area contributed by atoms with Crippen LogP contribution in [-0.4, -0.2) is 44.1 Å². The zero-order chi connectivity index (χ0) is 16.1. The van der Waals surface area contributed by atoms with Gasteiger partial charge in [0.25, 0.3) is 5.91 Å². The molecule has 0 radical (unpaired) electrons. The lowest BCUT2D eigenvalue weighted by molar-refractivity contribution is 0.0784. The van der Waals surface area contributed by atoms with Crippen LogP contribution in [0.15, 0.2) is 24.8 Å². The topological polar surface area (TPSA) is 75.9 Å². The van der Waals surface area contributed by atoms with Gasteiger partial charge in [-0.05, 0) is 20.8 Å². The van der Waals surface area contributed by atoms with Gasteiger partial charge in [0.1, 0.15) is 0 Å². The van der Waals surface area contributed by atoms with Crippen LogP contribution in [0.4, 0.5) is 5.95 Å². The van der Waals surface area contributed by atoms with Crippen molar-refractivity contribution in [2.75, 3.05) is 18.9 Å². The molecule has 118 valence electrons. The second-order valence-corrected chi connectivity index (χ2v) is 5.41. The molecule has 1 N–H and O–H groups in total. The predicted molar refractivity (Wildman–Crippen MR) is 84.6 cm³/mol. The number of nitrogens with zero attached hydrogens (tertiary/aromatic N) is 5. The van der Waals surface area contributed by atoms with Crippen LogP contribution in [0, 0.1) is 0 Å². The summed E-state index contributed by atoms with van der Waals surface area (Å²) in [6.07, 6.45) is 6.83. The zero-order valence-electron chi connectivity index (χ0n) is 13.4. The van der Waals surface area contributed by atoms with E-state index < -0.39 is 0 Å². The highest BCUT2D eigenvalue weighted by molar-refractivity contribution is 5.93. The number of hydrogen-bond acceptors (Lipinski definition) is 5. The average Bonchev–Trinajstić information content (AvgIpc) is 2.96. The van der Waals surface area contributed by atoms with Gasteiger partial charge in [0.05, 0.1) is 11.8 Å². The molecule has 2 aromatic rings. The first-order valence-electron chi connectivity index (χ1n) is 7.35. The normalized spacial score (nSPS) is 10.8. The Hall–Kier alpha value is -2.44. The van der Waals surface area contributed by atoms with E-state index in [1.165, 1.54) is 0 Å². The second-order valence-electron chi connectivity index (χ2n) is 5.41. The fourth-order valence-electron chi connectivity index (χ4n) is 2.00. The number of amides is 1. The highest BCUT2D eigenvalue weighted by atomic mass is 16.2. The first kappa shape index (κ1) is 15.9. The molecule has 0 aliphatic heterocycles. The molecule has 7 nitrogen and oxygen atoms in total. The van der Waals surface area contributed by atoms with E-state index in [4.69, 9.17) is 0 Å². The molecule has 0 fully saturated rings. The molecule has 1 amide bonds. The SMILES string of the molecule is CCNc1ncc(C(=O)N(C)Cc2cnn(C(C)C)c2)cn1. The summed E-state index contributed by atoms with van der Waals surface area (Å²) < 4.78 is 1.88. The van der Waals surface area contributed by atoms with Crippen molar-refractivity contribution in [3.05, 3.63) is 35.9 Å². The molecule has 7 heteroatoms. The Morgan fingerprint density at radius 2 is 2.00 bits per heavy atom. The smallest absolute Gasteiger partial charge is 0.257 e. The lowest BCUT2D eigenvalue weighted by atomic mass is 10.2. The van der Waals surface area contributed by atoms with Crippen LogP contribution in [0.5, 0.6) is 0 Å². The minimum Gasteiger partial charge on any atom is -0.355 e. The van der Waals surface area contributed by atoms with E-state index in [0.717, 1.165) is 12.1 Å². The Morgan fingerprint density at radius 1 is 1.32 bits per heavy atom. The fraction of sp³-hybridized carbons (Fsp3) is 0.467. The molecule has 2 aromatic heterocycles. The minimum atomic E-state index is -0.111. The Balaban J connectivity index is 2.01. The fourth-order valence-corrected chi connectivity index (χ4v) is 2.00. The monoisotopic (exact) mass is 302 g/mol. The summed E-state index contributed by atoms with van der Waals surface area (Å²) >= 11 is 0. The Labute approximate surface area is 130 Å². The molecule has 0 aliphatic rings. The van der Waals surface area contributed by atoms with E-state index in [2.05, 4.69) is 34.2 Å². The summed E-state index contributed by atoms with van der Waals surface area (Å²) in [4.78, 5) is 22.2. The first-order chi connectivity index (χ1) is 10.5. The van der Waals surface area contributed by atoms with Crippen LogP contribution in [0.3, 0.4) is 0 Å². The number of nitrogens with one attached hydrogen (secondary N) is 1. The number of anilines is 1. The van der Waals surface area contributed by atoms with Crippen LogP contribution in [0.2, 0.25) is 0 Å². The molecule has 0 spiro atoms. The van der Waals surface area contributed by atoms with Crippen LogP contribution < -0.4 is 5.32 Å². The molecule has 0 bridgehead atoms. The van der Waals surface area contributed by atoms with Gasteiger partial charge in [-0.1, -0.05) is 0 Å². The maximum Gasteiger partial charge on any atom is 0.257 e. The van der Waals surface area contributed by atoms with E-state index >= 15 is 0 Å². The van der Waals surface area contributed by atoms with Crippen molar-refractivity contribution in [1.82, 2.24) is 24.6 Å². The highest BCUT2D eigenvalue weighted by Gasteiger charge is 2.14. The van der Waals surface area contributed by atoms with Gasteiger partial charge in [-0.3, -0.25) is 9.48 Å². The number of hydrogen-bond donors (Lipinski definition) is 1. The molecular weight excluding hydrogens is 280 g/mol. The molecule has 2 heterocycles. The van der Waals surface area contributed by atoms with E-state index in [1.807, 2.05) is 17.8 Å². The summed E-state index contributed by atoms with van der Waals surface area (Å²) in [6, 6.07) is 0.307. The standard InChI is InChI=1S/C15H22N6O/c1-5-16-15-17-7-13(8-18-15)14(22)20(4)9-12-6-19-21(10-12)11(2)3/h6-8,10-11H,5,9H2,1-4H3,(H,16,17,18). The van der Waals surface area contributed by atoms with Gasteiger partial charge in [0.15, 0.2) is 0 Å². The zero-order valence-corrected chi connectivity index (χ0v) is 13.4. The van der Waals surface area contributed by atoms with Crippen molar-refractivity contribution in [3.8, 4) is 0 Å². The third-order valence-corrected chi connectivity index (χ3v) is 3.18. The van der Waals surface area contributed by atoms with Crippen molar-refractivity contribution < 1.29 is 4.79 Å². The number of carbonyl (C=O) groups is 1. The van der Waals surface area contributed by atoms with Crippen molar-refractivity contribution in [1.29, 1.82) is 0 Å². The number of rotatable bonds is 6. The van der Waals surface area contributed by atoms with E-state index in [0.29, 0.717) is 24.1 Å². The lowest BCUT2D eigenvalue weighted by Crippen LogP contribution is -2.26. The van der Waals surface area contributed by atoms with Crippen LogP contribution in [-0.2, 0) is 6.54 Å². The first-order valence-corrected chi connectivity index (χ1v) is 7.35. The van der Waals surface area contributed by atoms with Crippen molar-refractivity contribution in [3.63, 3.8) is 0 Å². The molecule has 0 atom stereocenters. The number of carbonyl (C=O) groups excluding carboxylic acids is 1. The summed E-state index contributed by atoms with van der Waals surface area (Å²) in [7, 11) is 1.76. The summed E-state index contributed by atoms with van der Waals surface area (Å²) in [5.74, 6) is 0.417. The second kappa shape index (κ2) is 7.02. The van der Waals surface area contributed by atoms with Gasteiger partial charge in [0, 0.05) is 50.3 Å². The quantitative estimate of drug-likeness (QED) is 0.882. The van der Waals surface area contributed by atoms with E-state index in [9.17, 15) is 4.79 Å². The van der Waals surface area contributed by atoms with Gasteiger partial charge in [-0.2, -0.15) is 5.10 Å². The van der Waals surface area contributed by atoms with Crippen LogP contribution in [0.25, 0.3) is 0 Å². The van der Waals surface area contributed by atoms with Gasteiger partial charge in [-0.15, -0.1) is 0 Å². The van der Waals surface area contributed by atoms with Gasteiger partial charge in [0.2, 0.25) is 5.95 Å². The molecule has 0 saturated heterocycles. The Kier molecular flexibility index (Phi) is 5.08.